The molecular weight excluding hydrogens is 448 g/mol. The molecule has 1 aliphatic rings. The summed E-state index contributed by atoms with van der Waals surface area (Å²) in [7, 11) is 0. The van der Waals surface area contributed by atoms with Crippen LogP contribution in [0.25, 0.3) is 10.7 Å². The summed E-state index contributed by atoms with van der Waals surface area (Å²) in [4.78, 5) is 21.9. The van der Waals surface area contributed by atoms with Gasteiger partial charge >= 0.3 is 0 Å². The highest BCUT2D eigenvalue weighted by atomic mass is 79.9. The van der Waals surface area contributed by atoms with Gasteiger partial charge in [0, 0.05) is 42.1 Å². The lowest BCUT2D eigenvalue weighted by Crippen LogP contribution is -2.48. The van der Waals surface area contributed by atoms with Gasteiger partial charge in [0.25, 0.3) is 0 Å². The lowest BCUT2D eigenvalue weighted by molar-refractivity contribution is -0.117. The van der Waals surface area contributed by atoms with Crippen LogP contribution in [0.4, 0.5) is 5.82 Å². The number of hydrogen-bond donors (Lipinski definition) is 1. The minimum absolute atomic E-state index is 0.0922. The number of nitrogens with one attached hydrogen (secondary N) is 1. The summed E-state index contributed by atoms with van der Waals surface area (Å²) in [5.41, 5.74) is 0. The topological polar surface area (TPSA) is 101 Å². The number of carbonyl (C=O) groups excluding carboxylic acids is 1. The summed E-state index contributed by atoms with van der Waals surface area (Å²) < 4.78 is 11.3. The Morgan fingerprint density at radius 3 is 2.68 bits per heavy atom. The van der Waals surface area contributed by atoms with Crippen LogP contribution in [-0.4, -0.2) is 63.7 Å². The van der Waals surface area contributed by atoms with E-state index in [1.807, 2.05) is 11.4 Å². The minimum atomic E-state index is -0.0922. The largest absolute Gasteiger partial charge is 0.360 e. The van der Waals surface area contributed by atoms with E-state index in [1.54, 1.807) is 24.3 Å². The van der Waals surface area contributed by atoms with Crippen LogP contribution in [0.3, 0.4) is 0 Å². The molecule has 11 heteroatoms. The maximum atomic E-state index is 12.1. The van der Waals surface area contributed by atoms with E-state index in [9.17, 15) is 4.79 Å². The number of thiophene rings is 1. The number of amides is 1. The number of carbonyl (C=O) groups is 1. The van der Waals surface area contributed by atoms with Gasteiger partial charge in [-0.05, 0) is 28.9 Å². The zero-order chi connectivity index (χ0) is 19.5. The van der Waals surface area contributed by atoms with Crippen LogP contribution < -0.4 is 5.32 Å². The van der Waals surface area contributed by atoms with Gasteiger partial charge in [-0.15, -0.1) is 11.3 Å². The van der Waals surface area contributed by atoms with Crippen LogP contribution in [0.1, 0.15) is 11.7 Å². The first-order chi connectivity index (χ1) is 13.5. The fourth-order valence-corrected chi connectivity index (χ4v) is 4.31. The maximum Gasteiger partial charge on any atom is 0.241 e. The van der Waals surface area contributed by atoms with Crippen molar-refractivity contribution in [3.63, 3.8) is 0 Å². The first-order valence-electron chi connectivity index (χ1n) is 8.80. The summed E-state index contributed by atoms with van der Waals surface area (Å²) in [6.07, 6.45) is 0. The van der Waals surface area contributed by atoms with Crippen molar-refractivity contribution in [3.05, 3.63) is 33.6 Å². The van der Waals surface area contributed by atoms with Crippen molar-refractivity contribution in [1.82, 2.24) is 25.1 Å². The van der Waals surface area contributed by atoms with Gasteiger partial charge in [-0.3, -0.25) is 14.6 Å². The Hall–Kier alpha value is -2.08. The van der Waals surface area contributed by atoms with Crippen molar-refractivity contribution in [3.8, 4) is 10.7 Å². The Morgan fingerprint density at radius 1 is 1.21 bits per heavy atom. The van der Waals surface area contributed by atoms with Gasteiger partial charge in [-0.25, -0.2) is 0 Å². The fraction of sp³-hybridized carbons (Fsp3) is 0.412. The molecule has 0 aliphatic carbocycles. The number of nitrogens with zero attached hydrogens (tertiary/aromatic N) is 5. The molecule has 0 spiro atoms. The summed E-state index contributed by atoms with van der Waals surface area (Å²) in [5.74, 6) is 2.24. The van der Waals surface area contributed by atoms with Crippen molar-refractivity contribution >= 4 is 39.0 Å². The van der Waals surface area contributed by atoms with Gasteiger partial charge in [0.1, 0.15) is 5.76 Å². The molecule has 3 aromatic heterocycles. The molecule has 0 unspecified atom stereocenters. The molecule has 4 rings (SSSR count). The molecule has 1 aliphatic heterocycles. The zero-order valence-electron chi connectivity index (χ0n) is 15.2. The molecule has 1 amide bonds. The Balaban J connectivity index is 1.23. The number of halogens is 1. The number of hydrogen-bond acceptors (Lipinski definition) is 9. The second-order valence-electron chi connectivity index (χ2n) is 6.56. The Kier molecular flexibility index (Phi) is 5.85. The van der Waals surface area contributed by atoms with Crippen LogP contribution in [0.2, 0.25) is 0 Å². The second kappa shape index (κ2) is 8.52. The average Bonchev–Trinajstić information content (AvgIpc) is 3.39. The molecule has 0 saturated carbocycles. The number of aryl methyl sites for hydroxylation is 1. The minimum Gasteiger partial charge on any atom is -0.360 e. The lowest BCUT2D eigenvalue weighted by atomic mass is 10.3. The Bertz CT molecular complexity index is 946. The third-order valence-corrected chi connectivity index (χ3v) is 6.03. The predicted molar refractivity (Wildman–Crippen MR) is 107 cm³/mol. The number of anilines is 1. The SMILES string of the molecule is Cc1cc(NC(=O)CN2CCN(Cc3nc(-c4cc(Br)cs4)no3)CC2)no1. The molecule has 0 aromatic carbocycles. The molecule has 1 fully saturated rings. The molecule has 148 valence electrons. The van der Waals surface area contributed by atoms with E-state index >= 15 is 0 Å². The van der Waals surface area contributed by atoms with Crippen LogP contribution in [-0.2, 0) is 11.3 Å². The number of rotatable bonds is 6. The lowest BCUT2D eigenvalue weighted by Gasteiger charge is -2.33. The summed E-state index contributed by atoms with van der Waals surface area (Å²) >= 11 is 5.00. The van der Waals surface area contributed by atoms with Gasteiger partial charge in [0.15, 0.2) is 5.82 Å². The van der Waals surface area contributed by atoms with E-state index in [0.29, 0.717) is 36.4 Å². The molecular formula is C17H19BrN6O3S. The first-order valence-corrected chi connectivity index (χ1v) is 10.5. The number of aromatic nitrogens is 3. The summed E-state index contributed by atoms with van der Waals surface area (Å²) in [6.45, 7) is 5.98. The van der Waals surface area contributed by atoms with E-state index in [-0.39, 0.29) is 5.91 Å². The van der Waals surface area contributed by atoms with Crippen LogP contribution in [0.5, 0.6) is 0 Å². The quantitative estimate of drug-likeness (QED) is 0.591. The van der Waals surface area contributed by atoms with Crippen molar-refractivity contribution in [1.29, 1.82) is 0 Å². The van der Waals surface area contributed by atoms with Crippen molar-refractivity contribution < 1.29 is 13.8 Å². The Morgan fingerprint density at radius 2 is 2.00 bits per heavy atom. The smallest absolute Gasteiger partial charge is 0.241 e. The average molecular weight is 467 g/mol. The highest BCUT2D eigenvalue weighted by Crippen LogP contribution is 2.27. The van der Waals surface area contributed by atoms with Gasteiger partial charge in [-0.2, -0.15) is 4.98 Å². The van der Waals surface area contributed by atoms with Gasteiger partial charge < -0.3 is 14.4 Å². The van der Waals surface area contributed by atoms with E-state index in [2.05, 4.69) is 46.3 Å². The molecule has 1 saturated heterocycles. The highest BCUT2D eigenvalue weighted by Gasteiger charge is 2.21. The van der Waals surface area contributed by atoms with E-state index < -0.39 is 0 Å². The van der Waals surface area contributed by atoms with Gasteiger partial charge in [0.05, 0.1) is 18.0 Å². The molecule has 3 aromatic rings. The molecule has 0 bridgehead atoms. The third kappa shape index (κ3) is 4.85. The Labute approximate surface area is 173 Å². The predicted octanol–water partition coefficient (Wildman–Crippen LogP) is 2.61. The normalized spacial score (nSPS) is 15.8. The van der Waals surface area contributed by atoms with Crippen molar-refractivity contribution in [2.45, 2.75) is 13.5 Å². The molecule has 4 heterocycles. The third-order valence-electron chi connectivity index (χ3n) is 4.34. The number of piperazine rings is 1. The zero-order valence-corrected chi connectivity index (χ0v) is 17.6. The second-order valence-corrected chi connectivity index (χ2v) is 8.39. The van der Waals surface area contributed by atoms with Crippen LogP contribution in [0.15, 0.2) is 31.0 Å². The molecule has 0 atom stereocenters. The fourth-order valence-electron chi connectivity index (χ4n) is 2.96. The first kappa shape index (κ1) is 19.2. The van der Waals surface area contributed by atoms with Gasteiger partial charge in [-0.1, -0.05) is 10.3 Å². The maximum absolute atomic E-state index is 12.1. The van der Waals surface area contributed by atoms with E-state index in [1.165, 1.54) is 0 Å². The molecule has 9 nitrogen and oxygen atoms in total. The molecule has 0 radical (unpaired) electrons. The highest BCUT2D eigenvalue weighted by molar-refractivity contribution is 9.10. The van der Waals surface area contributed by atoms with Crippen molar-refractivity contribution in [2.24, 2.45) is 0 Å². The van der Waals surface area contributed by atoms with E-state index in [0.717, 1.165) is 35.5 Å². The standard InChI is InChI=1S/C17H19BrN6O3S/c1-11-6-14(21-26-11)19-15(25)8-23-2-4-24(5-3-23)9-16-20-17(22-27-16)13-7-12(18)10-28-13/h6-7,10H,2-5,8-9H2,1H3,(H,19,21,25). The monoisotopic (exact) mass is 466 g/mol. The summed E-state index contributed by atoms with van der Waals surface area (Å²) in [5, 5.41) is 12.6. The van der Waals surface area contributed by atoms with Crippen LogP contribution in [0, 0.1) is 6.92 Å². The molecule has 28 heavy (non-hydrogen) atoms. The van der Waals surface area contributed by atoms with Gasteiger partial charge in [0.2, 0.25) is 17.6 Å². The van der Waals surface area contributed by atoms with E-state index in [4.69, 9.17) is 9.05 Å². The summed E-state index contributed by atoms with van der Waals surface area (Å²) in [6, 6.07) is 3.67. The van der Waals surface area contributed by atoms with Crippen LogP contribution >= 0.6 is 27.3 Å². The molecule has 1 N–H and O–H groups in total. The van der Waals surface area contributed by atoms with Crippen molar-refractivity contribution in [2.75, 3.05) is 38.0 Å².